The lowest BCUT2D eigenvalue weighted by molar-refractivity contribution is 0.102. The maximum atomic E-state index is 12.3. The number of para-hydroxylation sites is 1. The van der Waals surface area contributed by atoms with Crippen LogP contribution < -0.4 is 15.1 Å². The van der Waals surface area contributed by atoms with E-state index in [0.29, 0.717) is 5.69 Å². The van der Waals surface area contributed by atoms with Crippen LogP contribution in [0.4, 0.5) is 17.2 Å². The Balaban J connectivity index is 1.38. The fraction of sp³-hybridized carbons (Fsp3) is 0.261. The van der Waals surface area contributed by atoms with Crippen molar-refractivity contribution in [2.45, 2.75) is 13.8 Å². The van der Waals surface area contributed by atoms with Crippen LogP contribution in [0.2, 0.25) is 0 Å². The van der Waals surface area contributed by atoms with E-state index < -0.39 is 0 Å². The third-order valence-corrected chi connectivity index (χ3v) is 5.44. The molecule has 0 spiro atoms. The summed E-state index contributed by atoms with van der Waals surface area (Å²) < 4.78 is 0. The van der Waals surface area contributed by atoms with Crippen molar-refractivity contribution in [3.8, 4) is 0 Å². The summed E-state index contributed by atoms with van der Waals surface area (Å²) >= 11 is 0. The van der Waals surface area contributed by atoms with E-state index in [4.69, 9.17) is 0 Å². The molecule has 1 fully saturated rings. The second kappa shape index (κ2) is 8.31. The third-order valence-electron chi connectivity index (χ3n) is 5.44. The molecule has 2 aromatic carbocycles. The molecule has 1 aliphatic heterocycles. The average molecular weight is 387 g/mol. The SMILES string of the molecule is Cc1cccc(N2CCN(c3ccc(C(=O)Nc4ccccc4)nn3)CC2)c1C. The zero-order chi connectivity index (χ0) is 20.2. The summed E-state index contributed by atoms with van der Waals surface area (Å²) in [5, 5.41) is 11.3. The summed E-state index contributed by atoms with van der Waals surface area (Å²) in [5.74, 6) is 0.553. The standard InChI is InChI=1S/C23H25N5O/c1-17-7-6-10-21(18(17)2)27-13-15-28(16-14-27)22-12-11-20(25-26-22)23(29)24-19-8-4-3-5-9-19/h3-12H,13-16H2,1-2H3,(H,24,29). The predicted molar refractivity (Wildman–Crippen MR) is 117 cm³/mol. The minimum absolute atomic E-state index is 0.255. The molecule has 6 heteroatoms. The van der Waals surface area contributed by atoms with E-state index in [2.05, 4.69) is 57.4 Å². The van der Waals surface area contributed by atoms with E-state index in [9.17, 15) is 4.79 Å². The van der Waals surface area contributed by atoms with Crippen LogP contribution in [0, 0.1) is 13.8 Å². The van der Waals surface area contributed by atoms with Gasteiger partial charge in [0.15, 0.2) is 11.5 Å². The van der Waals surface area contributed by atoms with Gasteiger partial charge in [0.05, 0.1) is 0 Å². The van der Waals surface area contributed by atoms with Gasteiger partial charge < -0.3 is 15.1 Å². The lowest BCUT2D eigenvalue weighted by Gasteiger charge is -2.37. The molecule has 3 aromatic rings. The van der Waals surface area contributed by atoms with Crippen LogP contribution in [0.3, 0.4) is 0 Å². The Kier molecular flexibility index (Phi) is 5.42. The quantitative estimate of drug-likeness (QED) is 0.740. The molecular weight excluding hydrogens is 362 g/mol. The highest BCUT2D eigenvalue weighted by molar-refractivity contribution is 6.02. The number of hydrogen-bond acceptors (Lipinski definition) is 5. The van der Waals surface area contributed by atoms with Gasteiger partial charge in [0.25, 0.3) is 5.91 Å². The molecule has 0 saturated carbocycles. The molecule has 2 heterocycles. The highest BCUT2D eigenvalue weighted by Gasteiger charge is 2.20. The maximum absolute atomic E-state index is 12.3. The largest absolute Gasteiger partial charge is 0.368 e. The number of nitrogens with zero attached hydrogens (tertiary/aromatic N) is 4. The van der Waals surface area contributed by atoms with Gasteiger partial charge in [0.1, 0.15) is 0 Å². The Morgan fingerprint density at radius 2 is 1.55 bits per heavy atom. The first-order valence-electron chi connectivity index (χ1n) is 9.88. The van der Waals surface area contributed by atoms with Crippen molar-refractivity contribution in [3.05, 3.63) is 77.5 Å². The number of hydrogen-bond donors (Lipinski definition) is 1. The van der Waals surface area contributed by atoms with Crippen molar-refractivity contribution >= 4 is 23.1 Å². The number of amides is 1. The van der Waals surface area contributed by atoms with E-state index in [0.717, 1.165) is 37.7 Å². The second-order valence-corrected chi connectivity index (χ2v) is 7.29. The van der Waals surface area contributed by atoms with Gasteiger partial charge in [0.2, 0.25) is 0 Å². The Morgan fingerprint density at radius 1 is 0.828 bits per heavy atom. The Hall–Kier alpha value is -3.41. The van der Waals surface area contributed by atoms with Crippen molar-refractivity contribution < 1.29 is 4.79 Å². The van der Waals surface area contributed by atoms with E-state index in [1.54, 1.807) is 6.07 Å². The molecular formula is C23H25N5O. The molecule has 0 atom stereocenters. The number of benzene rings is 2. The smallest absolute Gasteiger partial charge is 0.276 e. The van der Waals surface area contributed by atoms with Gasteiger partial charge in [-0.3, -0.25) is 4.79 Å². The van der Waals surface area contributed by atoms with Crippen molar-refractivity contribution in [1.82, 2.24) is 10.2 Å². The summed E-state index contributed by atoms with van der Waals surface area (Å²) in [4.78, 5) is 17.0. The molecule has 148 valence electrons. The second-order valence-electron chi connectivity index (χ2n) is 7.29. The van der Waals surface area contributed by atoms with E-state index in [1.807, 2.05) is 36.4 Å². The average Bonchev–Trinajstić information content (AvgIpc) is 2.77. The van der Waals surface area contributed by atoms with Crippen molar-refractivity contribution in [1.29, 1.82) is 0 Å². The monoisotopic (exact) mass is 387 g/mol. The van der Waals surface area contributed by atoms with Crippen molar-refractivity contribution in [2.24, 2.45) is 0 Å². The van der Waals surface area contributed by atoms with Gasteiger partial charge in [0, 0.05) is 37.6 Å². The van der Waals surface area contributed by atoms with Gasteiger partial charge in [-0.2, -0.15) is 0 Å². The van der Waals surface area contributed by atoms with Crippen LogP contribution in [-0.4, -0.2) is 42.3 Å². The fourth-order valence-electron chi connectivity index (χ4n) is 3.59. The molecule has 1 aromatic heterocycles. The number of anilines is 3. The summed E-state index contributed by atoms with van der Waals surface area (Å²) in [6.07, 6.45) is 0. The highest BCUT2D eigenvalue weighted by Crippen LogP contribution is 2.24. The first-order chi connectivity index (χ1) is 14.1. The van der Waals surface area contributed by atoms with Gasteiger partial charge in [-0.15, -0.1) is 10.2 Å². The normalized spacial score (nSPS) is 14.0. The molecule has 1 saturated heterocycles. The first-order valence-corrected chi connectivity index (χ1v) is 9.88. The predicted octanol–water partition coefficient (Wildman–Crippen LogP) is 3.67. The number of nitrogens with one attached hydrogen (secondary N) is 1. The number of aromatic nitrogens is 2. The molecule has 6 nitrogen and oxygen atoms in total. The highest BCUT2D eigenvalue weighted by atomic mass is 16.1. The van der Waals surface area contributed by atoms with E-state index in [1.165, 1.54) is 16.8 Å². The third kappa shape index (κ3) is 4.21. The molecule has 1 N–H and O–H groups in total. The Labute approximate surface area is 171 Å². The minimum atomic E-state index is -0.255. The molecule has 0 unspecified atom stereocenters. The molecule has 1 aliphatic rings. The van der Waals surface area contributed by atoms with Crippen LogP contribution >= 0.6 is 0 Å². The van der Waals surface area contributed by atoms with Gasteiger partial charge >= 0.3 is 0 Å². The number of piperazine rings is 1. The summed E-state index contributed by atoms with van der Waals surface area (Å²) in [6.45, 7) is 7.95. The lowest BCUT2D eigenvalue weighted by Crippen LogP contribution is -2.47. The van der Waals surface area contributed by atoms with Crippen LogP contribution in [0.1, 0.15) is 21.6 Å². The fourth-order valence-corrected chi connectivity index (χ4v) is 3.59. The number of aryl methyl sites for hydroxylation is 1. The van der Waals surface area contributed by atoms with E-state index in [-0.39, 0.29) is 5.91 Å². The van der Waals surface area contributed by atoms with Crippen LogP contribution in [0.5, 0.6) is 0 Å². The van der Waals surface area contributed by atoms with E-state index >= 15 is 0 Å². The van der Waals surface area contributed by atoms with Gasteiger partial charge in [-0.25, -0.2) is 0 Å². The van der Waals surface area contributed by atoms with Crippen molar-refractivity contribution in [2.75, 3.05) is 41.3 Å². The molecule has 29 heavy (non-hydrogen) atoms. The van der Waals surface area contributed by atoms with Crippen molar-refractivity contribution in [3.63, 3.8) is 0 Å². The summed E-state index contributed by atoms with van der Waals surface area (Å²) in [5.41, 5.74) is 5.02. The van der Waals surface area contributed by atoms with Crippen LogP contribution in [0.25, 0.3) is 0 Å². The first kappa shape index (κ1) is 18.9. The maximum Gasteiger partial charge on any atom is 0.276 e. The van der Waals surface area contributed by atoms with Gasteiger partial charge in [-0.05, 0) is 55.3 Å². The Bertz CT molecular complexity index is 980. The summed E-state index contributed by atoms with van der Waals surface area (Å²) in [6, 6.07) is 19.4. The Morgan fingerprint density at radius 3 is 2.24 bits per heavy atom. The van der Waals surface area contributed by atoms with Crippen LogP contribution in [-0.2, 0) is 0 Å². The van der Waals surface area contributed by atoms with Gasteiger partial charge in [-0.1, -0.05) is 30.3 Å². The molecule has 0 aliphatic carbocycles. The zero-order valence-electron chi connectivity index (χ0n) is 16.8. The zero-order valence-corrected chi connectivity index (χ0v) is 16.8. The molecule has 0 radical (unpaired) electrons. The molecule has 1 amide bonds. The van der Waals surface area contributed by atoms with Crippen LogP contribution in [0.15, 0.2) is 60.7 Å². The number of carbonyl (C=O) groups excluding carboxylic acids is 1. The number of rotatable bonds is 4. The minimum Gasteiger partial charge on any atom is -0.368 e. The molecule has 0 bridgehead atoms. The topological polar surface area (TPSA) is 61.4 Å². The lowest BCUT2D eigenvalue weighted by atomic mass is 10.1. The molecule has 4 rings (SSSR count). The summed E-state index contributed by atoms with van der Waals surface area (Å²) in [7, 11) is 0. The number of carbonyl (C=O) groups is 1.